The Morgan fingerprint density at radius 2 is 2.22 bits per heavy atom. The number of aryl methyl sites for hydroxylation is 1. The normalized spacial score (nSPS) is 10.2. The molecule has 1 heterocycles. The lowest BCUT2D eigenvalue weighted by atomic mass is 10.2. The molecule has 4 heteroatoms. The predicted molar refractivity (Wildman–Crippen MR) is 71.5 cm³/mol. The van der Waals surface area contributed by atoms with Gasteiger partial charge in [-0.3, -0.25) is 0 Å². The van der Waals surface area contributed by atoms with Gasteiger partial charge in [0.15, 0.2) is 0 Å². The molecular formula is C14H16N4. The lowest BCUT2D eigenvalue weighted by Gasteiger charge is -2.07. The summed E-state index contributed by atoms with van der Waals surface area (Å²) in [7, 11) is 0. The molecule has 0 aliphatic heterocycles. The summed E-state index contributed by atoms with van der Waals surface area (Å²) in [4.78, 5) is 4.37. The second-order valence-corrected chi connectivity index (χ2v) is 4.18. The van der Waals surface area contributed by atoms with Gasteiger partial charge in [0.05, 0.1) is 6.07 Å². The first-order chi connectivity index (χ1) is 8.81. The highest BCUT2D eigenvalue weighted by molar-refractivity contribution is 5.61. The summed E-state index contributed by atoms with van der Waals surface area (Å²) < 4.78 is 2.10. The van der Waals surface area contributed by atoms with Gasteiger partial charge in [0.1, 0.15) is 5.82 Å². The fourth-order valence-corrected chi connectivity index (χ4v) is 1.91. The molecule has 0 saturated carbocycles. The maximum absolute atomic E-state index is 8.50. The third-order valence-corrected chi connectivity index (χ3v) is 2.80. The number of nitriles is 1. The van der Waals surface area contributed by atoms with Crippen molar-refractivity contribution in [2.75, 3.05) is 5.73 Å². The summed E-state index contributed by atoms with van der Waals surface area (Å²) in [5.74, 6) is 0.930. The highest BCUT2D eigenvalue weighted by Crippen LogP contribution is 2.20. The van der Waals surface area contributed by atoms with Gasteiger partial charge in [-0.15, -0.1) is 0 Å². The zero-order chi connectivity index (χ0) is 12.8. The molecule has 0 aliphatic carbocycles. The maximum atomic E-state index is 8.50. The Labute approximate surface area is 107 Å². The number of nitrogens with two attached hydrogens (primary N) is 1. The average Bonchev–Trinajstić information content (AvgIpc) is 2.83. The van der Waals surface area contributed by atoms with Crippen molar-refractivity contribution in [2.45, 2.75) is 25.8 Å². The monoisotopic (exact) mass is 240 g/mol. The van der Waals surface area contributed by atoms with E-state index in [2.05, 4.69) is 15.6 Å². The average molecular weight is 240 g/mol. The molecule has 18 heavy (non-hydrogen) atoms. The Morgan fingerprint density at radius 1 is 1.33 bits per heavy atom. The molecule has 0 spiro atoms. The number of anilines is 1. The van der Waals surface area contributed by atoms with E-state index in [-0.39, 0.29) is 0 Å². The van der Waals surface area contributed by atoms with Gasteiger partial charge in [-0.05, 0) is 25.0 Å². The second kappa shape index (κ2) is 5.87. The minimum Gasteiger partial charge on any atom is -0.399 e. The third kappa shape index (κ3) is 2.89. The summed E-state index contributed by atoms with van der Waals surface area (Å²) in [5.41, 5.74) is 7.55. The summed E-state index contributed by atoms with van der Waals surface area (Å²) in [6.45, 7) is 0.881. The van der Waals surface area contributed by atoms with E-state index in [4.69, 9.17) is 11.0 Å². The smallest absolute Gasteiger partial charge is 0.139 e. The summed E-state index contributed by atoms with van der Waals surface area (Å²) >= 11 is 0. The predicted octanol–water partition coefficient (Wildman–Crippen LogP) is 2.83. The van der Waals surface area contributed by atoms with Crippen molar-refractivity contribution < 1.29 is 0 Å². The minimum absolute atomic E-state index is 0.613. The quantitative estimate of drug-likeness (QED) is 0.645. The van der Waals surface area contributed by atoms with Crippen LogP contribution in [0.1, 0.15) is 19.3 Å². The molecule has 2 aromatic rings. The van der Waals surface area contributed by atoms with E-state index in [1.54, 1.807) is 6.20 Å². The van der Waals surface area contributed by atoms with Crippen LogP contribution in [0.2, 0.25) is 0 Å². The highest BCUT2D eigenvalue weighted by atomic mass is 15.1. The number of imidazole rings is 1. The van der Waals surface area contributed by atoms with Crippen molar-refractivity contribution in [2.24, 2.45) is 0 Å². The molecule has 0 unspecified atom stereocenters. The molecule has 0 aliphatic rings. The number of nitrogens with zero attached hydrogens (tertiary/aromatic N) is 3. The molecule has 0 fully saturated rings. The fourth-order valence-electron chi connectivity index (χ4n) is 1.91. The molecule has 0 amide bonds. The maximum Gasteiger partial charge on any atom is 0.139 e. The molecule has 0 saturated heterocycles. The molecule has 4 nitrogen and oxygen atoms in total. The highest BCUT2D eigenvalue weighted by Gasteiger charge is 2.05. The SMILES string of the molecule is N#CCCCCn1ccnc1-c1cccc(N)c1. The van der Waals surface area contributed by atoms with Crippen molar-refractivity contribution in [3.63, 3.8) is 0 Å². The second-order valence-electron chi connectivity index (χ2n) is 4.18. The number of rotatable bonds is 5. The summed E-state index contributed by atoms with van der Waals surface area (Å²) in [5, 5.41) is 8.50. The molecule has 0 atom stereocenters. The Bertz CT molecular complexity index is 551. The molecule has 2 N–H and O–H groups in total. The Balaban J connectivity index is 2.10. The lowest BCUT2D eigenvalue weighted by Crippen LogP contribution is -2.00. The van der Waals surface area contributed by atoms with Crippen molar-refractivity contribution in [1.82, 2.24) is 9.55 Å². The topological polar surface area (TPSA) is 67.6 Å². The van der Waals surface area contributed by atoms with Gasteiger partial charge in [-0.25, -0.2) is 4.98 Å². The minimum atomic E-state index is 0.613. The van der Waals surface area contributed by atoms with Crippen LogP contribution in [-0.4, -0.2) is 9.55 Å². The molecular weight excluding hydrogens is 224 g/mol. The van der Waals surface area contributed by atoms with Crippen LogP contribution in [0.3, 0.4) is 0 Å². The number of hydrogen-bond acceptors (Lipinski definition) is 3. The zero-order valence-electron chi connectivity index (χ0n) is 10.2. The molecule has 1 aromatic heterocycles. The van der Waals surface area contributed by atoms with Gasteiger partial charge in [-0.2, -0.15) is 5.26 Å². The lowest BCUT2D eigenvalue weighted by molar-refractivity contribution is 0.620. The summed E-state index contributed by atoms with van der Waals surface area (Å²) in [6.07, 6.45) is 6.28. The van der Waals surface area contributed by atoms with Crippen LogP contribution in [0.15, 0.2) is 36.7 Å². The van der Waals surface area contributed by atoms with Gasteiger partial charge < -0.3 is 10.3 Å². The van der Waals surface area contributed by atoms with Crippen LogP contribution in [0.25, 0.3) is 11.4 Å². The fraction of sp³-hybridized carbons (Fsp3) is 0.286. The van der Waals surface area contributed by atoms with Crippen LogP contribution in [0, 0.1) is 11.3 Å². The van der Waals surface area contributed by atoms with E-state index in [1.165, 1.54) is 0 Å². The molecule has 0 radical (unpaired) electrons. The van der Waals surface area contributed by atoms with Crippen LogP contribution in [0.5, 0.6) is 0 Å². The van der Waals surface area contributed by atoms with Crippen molar-refractivity contribution >= 4 is 5.69 Å². The number of nitrogen functional groups attached to an aromatic ring is 1. The van der Waals surface area contributed by atoms with Crippen LogP contribution in [-0.2, 0) is 6.54 Å². The van der Waals surface area contributed by atoms with E-state index in [0.717, 1.165) is 36.5 Å². The molecule has 2 rings (SSSR count). The van der Waals surface area contributed by atoms with E-state index in [0.29, 0.717) is 6.42 Å². The number of unbranched alkanes of at least 4 members (excludes halogenated alkanes) is 2. The van der Waals surface area contributed by atoms with Gasteiger partial charge in [0, 0.05) is 36.6 Å². The van der Waals surface area contributed by atoms with Crippen molar-refractivity contribution in [3.05, 3.63) is 36.7 Å². The largest absolute Gasteiger partial charge is 0.399 e. The van der Waals surface area contributed by atoms with Crippen LogP contribution >= 0.6 is 0 Å². The van der Waals surface area contributed by atoms with E-state index < -0.39 is 0 Å². The van der Waals surface area contributed by atoms with Gasteiger partial charge in [0.2, 0.25) is 0 Å². The standard InChI is InChI=1S/C14H16N4/c15-7-2-1-3-9-18-10-8-17-14(18)12-5-4-6-13(16)11-12/h4-6,8,10-11H,1-3,9,16H2. The van der Waals surface area contributed by atoms with E-state index >= 15 is 0 Å². The Morgan fingerprint density at radius 3 is 3.00 bits per heavy atom. The first-order valence-corrected chi connectivity index (χ1v) is 6.05. The van der Waals surface area contributed by atoms with Gasteiger partial charge in [0.25, 0.3) is 0 Å². The summed E-state index contributed by atoms with van der Waals surface area (Å²) in [6, 6.07) is 9.88. The molecule has 0 bridgehead atoms. The Kier molecular flexibility index (Phi) is 3.98. The third-order valence-electron chi connectivity index (χ3n) is 2.80. The van der Waals surface area contributed by atoms with Crippen LogP contribution in [0.4, 0.5) is 5.69 Å². The van der Waals surface area contributed by atoms with Crippen molar-refractivity contribution in [3.8, 4) is 17.5 Å². The number of hydrogen-bond donors (Lipinski definition) is 1. The first kappa shape index (κ1) is 12.2. The van der Waals surface area contributed by atoms with E-state index in [9.17, 15) is 0 Å². The molecule has 1 aromatic carbocycles. The van der Waals surface area contributed by atoms with Gasteiger partial charge in [-0.1, -0.05) is 12.1 Å². The van der Waals surface area contributed by atoms with Crippen LogP contribution < -0.4 is 5.73 Å². The molecule has 92 valence electrons. The van der Waals surface area contributed by atoms with Gasteiger partial charge >= 0.3 is 0 Å². The van der Waals surface area contributed by atoms with E-state index in [1.807, 2.05) is 30.5 Å². The first-order valence-electron chi connectivity index (χ1n) is 6.05. The zero-order valence-corrected chi connectivity index (χ0v) is 10.2. The number of benzene rings is 1. The Hall–Kier alpha value is -2.28. The van der Waals surface area contributed by atoms with Crippen molar-refractivity contribution in [1.29, 1.82) is 5.26 Å². The number of aromatic nitrogens is 2.